The van der Waals surface area contributed by atoms with Crippen molar-refractivity contribution in [3.8, 4) is 0 Å². The Kier molecular flexibility index (Phi) is 4.85. The molecule has 3 aromatic rings. The van der Waals surface area contributed by atoms with Crippen molar-refractivity contribution >= 4 is 32.3 Å². The summed E-state index contributed by atoms with van der Waals surface area (Å²) >= 11 is 0. The Labute approximate surface area is 150 Å². The second-order valence-corrected chi connectivity index (χ2v) is 7.87. The summed E-state index contributed by atoms with van der Waals surface area (Å²) in [6, 6.07) is 13.0. The van der Waals surface area contributed by atoms with Gasteiger partial charge in [-0.25, -0.2) is 13.4 Å². The van der Waals surface area contributed by atoms with Gasteiger partial charge in [-0.3, -0.25) is 14.2 Å². The van der Waals surface area contributed by atoms with Gasteiger partial charge in [-0.15, -0.1) is 0 Å². The number of aryl methyl sites for hydroxylation is 1. The van der Waals surface area contributed by atoms with Crippen molar-refractivity contribution < 1.29 is 13.2 Å². The minimum atomic E-state index is -3.35. The van der Waals surface area contributed by atoms with Gasteiger partial charge in [0.1, 0.15) is 0 Å². The Morgan fingerprint density at radius 3 is 2.69 bits per heavy atom. The number of anilines is 1. The van der Waals surface area contributed by atoms with E-state index in [4.69, 9.17) is 0 Å². The molecule has 0 saturated carbocycles. The number of nitrogens with zero attached hydrogens (tertiary/aromatic N) is 2. The molecular weight excluding hydrogens is 354 g/mol. The van der Waals surface area contributed by atoms with Gasteiger partial charge in [-0.05, 0) is 30.3 Å². The molecule has 26 heavy (non-hydrogen) atoms. The first-order valence-electron chi connectivity index (χ1n) is 7.89. The van der Waals surface area contributed by atoms with Crippen molar-refractivity contribution in [3.05, 3.63) is 65.2 Å². The fourth-order valence-electron chi connectivity index (χ4n) is 2.52. The summed E-state index contributed by atoms with van der Waals surface area (Å²) in [7, 11) is -3.35. The predicted octanol–water partition coefficient (Wildman–Crippen LogP) is 1.83. The highest BCUT2D eigenvalue weighted by atomic mass is 32.2. The molecule has 2 aromatic carbocycles. The standard InChI is InChI=1S/C18H17N3O4S/c1-26(24,25)14-6-4-5-13(11-14)20-17(22)9-10-21-12-19-16-8-3-2-7-15(16)18(21)23/h2-8,11-12H,9-10H2,1H3,(H,20,22). The molecule has 1 heterocycles. The Bertz CT molecular complexity index is 1140. The maximum Gasteiger partial charge on any atom is 0.261 e. The van der Waals surface area contributed by atoms with Crippen LogP contribution in [0.4, 0.5) is 5.69 Å². The molecule has 8 heteroatoms. The third-order valence-corrected chi connectivity index (χ3v) is 4.97. The summed E-state index contributed by atoms with van der Waals surface area (Å²) in [6.07, 6.45) is 2.58. The molecule has 0 aliphatic carbocycles. The monoisotopic (exact) mass is 371 g/mol. The smallest absolute Gasteiger partial charge is 0.261 e. The molecule has 0 radical (unpaired) electrons. The zero-order valence-corrected chi connectivity index (χ0v) is 14.9. The molecule has 0 spiro atoms. The van der Waals surface area contributed by atoms with Crippen molar-refractivity contribution in [2.45, 2.75) is 17.9 Å². The number of amides is 1. The van der Waals surface area contributed by atoms with Crippen molar-refractivity contribution in [3.63, 3.8) is 0 Å². The van der Waals surface area contributed by atoms with E-state index in [2.05, 4.69) is 10.3 Å². The topological polar surface area (TPSA) is 98.1 Å². The molecule has 0 aliphatic heterocycles. The van der Waals surface area contributed by atoms with Gasteiger partial charge >= 0.3 is 0 Å². The first-order valence-corrected chi connectivity index (χ1v) is 9.78. The summed E-state index contributed by atoms with van der Waals surface area (Å²) in [4.78, 5) is 28.8. The number of sulfone groups is 1. The van der Waals surface area contributed by atoms with Crippen molar-refractivity contribution in [1.29, 1.82) is 0 Å². The lowest BCUT2D eigenvalue weighted by atomic mass is 10.2. The van der Waals surface area contributed by atoms with Crippen LogP contribution in [0.1, 0.15) is 6.42 Å². The Balaban J connectivity index is 1.70. The minimum Gasteiger partial charge on any atom is -0.326 e. The second-order valence-electron chi connectivity index (χ2n) is 5.86. The highest BCUT2D eigenvalue weighted by molar-refractivity contribution is 7.90. The third kappa shape index (κ3) is 3.97. The molecule has 3 rings (SSSR count). The van der Waals surface area contributed by atoms with Crippen LogP contribution in [0.2, 0.25) is 0 Å². The van der Waals surface area contributed by atoms with Crippen molar-refractivity contribution in [2.24, 2.45) is 0 Å². The highest BCUT2D eigenvalue weighted by Crippen LogP contribution is 2.15. The van der Waals surface area contributed by atoms with Crippen LogP contribution in [0.3, 0.4) is 0 Å². The van der Waals surface area contributed by atoms with E-state index in [1.54, 1.807) is 36.4 Å². The normalized spacial score (nSPS) is 11.4. The fraction of sp³-hybridized carbons (Fsp3) is 0.167. The number of aromatic nitrogens is 2. The summed E-state index contributed by atoms with van der Waals surface area (Å²) in [5.74, 6) is -0.323. The lowest BCUT2D eigenvalue weighted by Crippen LogP contribution is -2.23. The molecule has 0 atom stereocenters. The number of rotatable bonds is 5. The van der Waals surface area contributed by atoms with Gasteiger partial charge in [-0.1, -0.05) is 18.2 Å². The molecule has 0 aliphatic rings. The van der Waals surface area contributed by atoms with Crippen LogP contribution in [0, 0.1) is 0 Å². The maximum absolute atomic E-state index is 12.4. The van der Waals surface area contributed by atoms with Crippen LogP contribution in [-0.2, 0) is 21.2 Å². The Morgan fingerprint density at radius 2 is 1.92 bits per heavy atom. The first-order chi connectivity index (χ1) is 12.3. The van der Waals surface area contributed by atoms with Gasteiger partial charge in [0.05, 0.1) is 22.1 Å². The largest absolute Gasteiger partial charge is 0.326 e. The summed E-state index contributed by atoms with van der Waals surface area (Å²) in [5, 5.41) is 3.14. The lowest BCUT2D eigenvalue weighted by Gasteiger charge is -2.08. The van der Waals surface area contributed by atoms with Gasteiger partial charge in [0.15, 0.2) is 9.84 Å². The molecule has 0 bridgehead atoms. The predicted molar refractivity (Wildman–Crippen MR) is 98.8 cm³/mol. The SMILES string of the molecule is CS(=O)(=O)c1cccc(NC(=O)CCn2cnc3ccccc3c2=O)c1. The number of hydrogen-bond donors (Lipinski definition) is 1. The fourth-order valence-corrected chi connectivity index (χ4v) is 3.18. The third-order valence-electron chi connectivity index (χ3n) is 3.86. The molecule has 0 unspecified atom stereocenters. The molecular formula is C18H17N3O4S. The van der Waals surface area contributed by atoms with E-state index in [1.165, 1.54) is 23.0 Å². The molecule has 1 aromatic heterocycles. The van der Waals surface area contributed by atoms with E-state index in [9.17, 15) is 18.0 Å². The van der Waals surface area contributed by atoms with Crippen molar-refractivity contribution in [2.75, 3.05) is 11.6 Å². The highest BCUT2D eigenvalue weighted by Gasteiger charge is 2.10. The minimum absolute atomic E-state index is 0.0586. The van der Waals surface area contributed by atoms with Crippen LogP contribution in [0.25, 0.3) is 10.9 Å². The van der Waals surface area contributed by atoms with E-state index in [-0.39, 0.29) is 29.3 Å². The summed E-state index contributed by atoms with van der Waals surface area (Å²) in [5.41, 5.74) is 0.792. The van der Waals surface area contributed by atoms with Crippen LogP contribution >= 0.6 is 0 Å². The van der Waals surface area contributed by atoms with E-state index in [0.717, 1.165) is 6.26 Å². The van der Waals surface area contributed by atoms with Gasteiger partial charge in [0, 0.05) is 24.9 Å². The van der Waals surface area contributed by atoms with Gasteiger partial charge < -0.3 is 5.32 Å². The van der Waals surface area contributed by atoms with E-state index in [0.29, 0.717) is 16.6 Å². The van der Waals surface area contributed by atoms with E-state index < -0.39 is 9.84 Å². The number of carbonyl (C=O) groups is 1. The Hall–Kier alpha value is -3.00. The zero-order chi connectivity index (χ0) is 18.7. The summed E-state index contributed by atoms with van der Waals surface area (Å²) < 4.78 is 24.5. The van der Waals surface area contributed by atoms with Crippen LogP contribution in [0.5, 0.6) is 0 Å². The van der Waals surface area contributed by atoms with E-state index >= 15 is 0 Å². The molecule has 1 N–H and O–H groups in total. The first kappa shape index (κ1) is 17.8. The van der Waals surface area contributed by atoms with Crippen LogP contribution in [-0.4, -0.2) is 30.1 Å². The number of carbonyl (C=O) groups excluding carboxylic acids is 1. The molecule has 0 saturated heterocycles. The zero-order valence-electron chi connectivity index (χ0n) is 14.0. The van der Waals surface area contributed by atoms with Gasteiger partial charge in [0.2, 0.25) is 5.91 Å². The number of benzene rings is 2. The number of hydrogen-bond acceptors (Lipinski definition) is 5. The van der Waals surface area contributed by atoms with Crippen LogP contribution < -0.4 is 10.9 Å². The van der Waals surface area contributed by atoms with Gasteiger partial charge in [0.25, 0.3) is 5.56 Å². The van der Waals surface area contributed by atoms with Crippen LogP contribution in [0.15, 0.2) is 64.5 Å². The maximum atomic E-state index is 12.4. The molecule has 7 nitrogen and oxygen atoms in total. The average molecular weight is 371 g/mol. The Morgan fingerprint density at radius 1 is 1.15 bits per heavy atom. The number of para-hydroxylation sites is 1. The number of fused-ring (bicyclic) bond motifs is 1. The molecule has 1 amide bonds. The second kappa shape index (κ2) is 7.09. The van der Waals surface area contributed by atoms with E-state index in [1.807, 2.05) is 0 Å². The van der Waals surface area contributed by atoms with Crippen molar-refractivity contribution in [1.82, 2.24) is 9.55 Å². The average Bonchev–Trinajstić information content (AvgIpc) is 2.61. The molecule has 134 valence electrons. The summed E-state index contributed by atoms with van der Waals surface area (Å²) in [6.45, 7) is 0.175. The number of nitrogens with one attached hydrogen (secondary N) is 1. The quantitative estimate of drug-likeness (QED) is 0.738. The van der Waals surface area contributed by atoms with Gasteiger partial charge in [-0.2, -0.15) is 0 Å². The molecule has 0 fully saturated rings. The lowest BCUT2D eigenvalue weighted by molar-refractivity contribution is -0.116.